The molecule has 1 saturated heterocycles. The van der Waals surface area contributed by atoms with Crippen LogP contribution >= 0.6 is 0 Å². The molecule has 0 aromatic heterocycles. The Bertz CT molecular complexity index is 1090. The first-order valence-corrected chi connectivity index (χ1v) is 12.3. The monoisotopic (exact) mass is 482 g/mol. The van der Waals surface area contributed by atoms with Crippen molar-refractivity contribution in [2.24, 2.45) is 0 Å². The van der Waals surface area contributed by atoms with Crippen molar-refractivity contribution in [1.82, 2.24) is 9.80 Å². The van der Waals surface area contributed by atoms with Gasteiger partial charge in [0.15, 0.2) is 0 Å². The van der Waals surface area contributed by atoms with E-state index in [0.717, 1.165) is 18.7 Å². The first-order chi connectivity index (χ1) is 16.7. The number of ketones is 1. The standard InChI is InChI=1S/C28H35FN2O4/c1-6-30(7-2)15-16-31-25(19-9-12-21(29)13-10-19)24(27(33)28(31)34)26(32)20-11-14-23(35-8-3)22(17-20)18(4)5/h9-14,17-18,25,32H,6-8,15-16H2,1-5H3/b26-24-. The molecule has 1 atom stereocenters. The van der Waals surface area contributed by atoms with Crippen molar-refractivity contribution in [3.8, 4) is 5.75 Å². The summed E-state index contributed by atoms with van der Waals surface area (Å²) in [6, 6.07) is 10.2. The Balaban J connectivity index is 2.13. The molecule has 0 aliphatic carbocycles. The summed E-state index contributed by atoms with van der Waals surface area (Å²) in [5, 5.41) is 11.4. The Morgan fingerprint density at radius 2 is 1.74 bits per heavy atom. The molecule has 7 heteroatoms. The lowest BCUT2D eigenvalue weighted by atomic mass is 9.93. The Kier molecular flexibility index (Phi) is 8.67. The number of halogens is 1. The number of nitrogens with zero attached hydrogens (tertiary/aromatic N) is 2. The summed E-state index contributed by atoms with van der Waals surface area (Å²) in [4.78, 5) is 30.0. The quantitative estimate of drug-likeness (QED) is 0.289. The summed E-state index contributed by atoms with van der Waals surface area (Å²) >= 11 is 0. The minimum absolute atomic E-state index is 0.0139. The van der Waals surface area contributed by atoms with E-state index in [2.05, 4.69) is 4.90 Å². The number of hydrogen-bond acceptors (Lipinski definition) is 5. The molecule has 1 unspecified atom stereocenters. The van der Waals surface area contributed by atoms with Crippen LogP contribution in [-0.4, -0.2) is 59.4 Å². The average molecular weight is 483 g/mol. The highest BCUT2D eigenvalue weighted by Crippen LogP contribution is 2.40. The fourth-order valence-corrected chi connectivity index (χ4v) is 4.48. The van der Waals surface area contributed by atoms with Gasteiger partial charge < -0.3 is 19.6 Å². The third-order valence-electron chi connectivity index (χ3n) is 6.48. The van der Waals surface area contributed by atoms with Gasteiger partial charge in [-0.05, 0) is 67.4 Å². The van der Waals surface area contributed by atoms with E-state index >= 15 is 0 Å². The molecule has 0 saturated carbocycles. The second-order valence-corrected chi connectivity index (χ2v) is 8.91. The van der Waals surface area contributed by atoms with Gasteiger partial charge in [-0.2, -0.15) is 0 Å². The molecule has 1 amide bonds. The number of carbonyl (C=O) groups excluding carboxylic acids is 2. The number of aliphatic hydroxyl groups is 1. The van der Waals surface area contributed by atoms with Gasteiger partial charge in [0, 0.05) is 18.7 Å². The van der Waals surface area contributed by atoms with Crippen molar-refractivity contribution in [3.63, 3.8) is 0 Å². The van der Waals surface area contributed by atoms with Crippen molar-refractivity contribution in [2.75, 3.05) is 32.8 Å². The summed E-state index contributed by atoms with van der Waals surface area (Å²) in [6.07, 6.45) is 0. The molecular formula is C28H35FN2O4. The number of hydrogen-bond donors (Lipinski definition) is 1. The van der Waals surface area contributed by atoms with E-state index < -0.39 is 23.5 Å². The number of likely N-dealkylation sites (N-methyl/N-ethyl adjacent to an activating group) is 1. The third-order valence-corrected chi connectivity index (χ3v) is 6.48. The summed E-state index contributed by atoms with van der Waals surface area (Å²) in [7, 11) is 0. The highest BCUT2D eigenvalue weighted by atomic mass is 19.1. The topological polar surface area (TPSA) is 70.1 Å². The molecular weight excluding hydrogens is 447 g/mol. The van der Waals surface area contributed by atoms with Crippen LogP contribution in [0.25, 0.3) is 5.76 Å². The minimum atomic E-state index is -0.805. The zero-order valence-electron chi connectivity index (χ0n) is 21.2. The van der Waals surface area contributed by atoms with E-state index in [-0.39, 0.29) is 17.3 Å². The largest absolute Gasteiger partial charge is 0.507 e. The number of amides is 1. The molecule has 188 valence electrons. The number of ether oxygens (including phenoxy) is 1. The van der Waals surface area contributed by atoms with Gasteiger partial charge in [0.05, 0.1) is 18.2 Å². The lowest BCUT2D eigenvalue weighted by molar-refractivity contribution is -0.140. The van der Waals surface area contributed by atoms with Crippen LogP contribution in [0.1, 0.15) is 63.3 Å². The Morgan fingerprint density at radius 1 is 1.09 bits per heavy atom. The van der Waals surface area contributed by atoms with Gasteiger partial charge in [0.2, 0.25) is 0 Å². The maximum absolute atomic E-state index is 13.7. The van der Waals surface area contributed by atoms with Gasteiger partial charge >= 0.3 is 0 Å². The van der Waals surface area contributed by atoms with Crippen molar-refractivity contribution in [3.05, 3.63) is 70.5 Å². The lowest BCUT2D eigenvalue weighted by Gasteiger charge is -2.28. The highest BCUT2D eigenvalue weighted by Gasteiger charge is 2.46. The molecule has 0 radical (unpaired) electrons. The van der Waals surface area contributed by atoms with E-state index in [4.69, 9.17) is 4.74 Å². The number of likely N-dealkylation sites (tertiary alicyclic amines) is 1. The molecule has 6 nitrogen and oxygen atoms in total. The van der Waals surface area contributed by atoms with Crippen molar-refractivity contribution >= 4 is 17.4 Å². The van der Waals surface area contributed by atoms with Crippen LogP contribution in [0, 0.1) is 5.82 Å². The predicted molar refractivity (Wildman–Crippen MR) is 135 cm³/mol. The van der Waals surface area contributed by atoms with Crippen LogP contribution in [0.2, 0.25) is 0 Å². The molecule has 2 aromatic rings. The van der Waals surface area contributed by atoms with Crippen molar-refractivity contribution < 1.29 is 23.8 Å². The molecule has 1 N–H and O–H groups in total. The second-order valence-electron chi connectivity index (χ2n) is 8.91. The molecule has 1 fully saturated rings. The number of Topliss-reactive ketones (excluding diaryl/α,β-unsaturated/α-hetero) is 1. The number of carbonyl (C=O) groups is 2. The lowest BCUT2D eigenvalue weighted by Crippen LogP contribution is -2.38. The van der Waals surface area contributed by atoms with E-state index in [0.29, 0.717) is 36.6 Å². The van der Waals surface area contributed by atoms with Gasteiger partial charge in [-0.3, -0.25) is 9.59 Å². The van der Waals surface area contributed by atoms with Gasteiger partial charge in [0.25, 0.3) is 11.7 Å². The van der Waals surface area contributed by atoms with Crippen molar-refractivity contribution in [2.45, 2.75) is 46.6 Å². The summed E-state index contributed by atoms with van der Waals surface area (Å²) in [6.45, 7) is 13.0. The Labute approximate surface area is 207 Å². The normalized spacial score (nSPS) is 17.6. The molecule has 1 aliphatic heterocycles. The van der Waals surface area contributed by atoms with Crippen LogP contribution in [0.5, 0.6) is 5.75 Å². The van der Waals surface area contributed by atoms with E-state index in [1.807, 2.05) is 34.6 Å². The van der Waals surface area contributed by atoms with Crippen LogP contribution in [0.4, 0.5) is 4.39 Å². The zero-order chi connectivity index (χ0) is 25.7. The number of rotatable bonds is 10. The molecule has 0 spiro atoms. The Morgan fingerprint density at radius 3 is 2.31 bits per heavy atom. The van der Waals surface area contributed by atoms with Gasteiger partial charge in [-0.15, -0.1) is 0 Å². The Hall–Kier alpha value is -3.19. The molecule has 35 heavy (non-hydrogen) atoms. The molecule has 0 bridgehead atoms. The fraction of sp³-hybridized carbons (Fsp3) is 0.429. The molecule has 1 aliphatic rings. The van der Waals surface area contributed by atoms with Gasteiger partial charge in [-0.25, -0.2) is 4.39 Å². The smallest absolute Gasteiger partial charge is 0.295 e. The van der Waals surface area contributed by atoms with Gasteiger partial charge in [0.1, 0.15) is 17.3 Å². The van der Waals surface area contributed by atoms with E-state index in [9.17, 15) is 19.1 Å². The van der Waals surface area contributed by atoms with Crippen LogP contribution in [0.15, 0.2) is 48.0 Å². The predicted octanol–water partition coefficient (Wildman–Crippen LogP) is 5.11. The van der Waals surface area contributed by atoms with Crippen LogP contribution in [-0.2, 0) is 9.59 Å². The van der Waals surface area contributed by atoms with E-state index in [1.165, 1.54) is 17.0 Å². The third kappa shape index (κ3) is 5.56. The zero-order valence-corrected chi connectivity index (χ0v) is 21.2. The maximum atomic E-state index is 13.7. The van der Waals surface area contributed by atoms with Crippen LogP contribution < -0.4 is 4.74 Å². The summed E-state index contributed by atoms with van der Waals surface area (Å²) < 4.78 is 19.4. The first-order valence-electron chi connectivity index (χ1n) is 12.3. The maximum Gasteiger partial charge on any atom is 0.295 e. The van der Waals surface area contributed by atoms with Gasteiger partial charge in [-0.1, -0.05) is 39.8 Å². The van der Waals surface area contributed by atoms with Crippen LogP contribution in [0.3, 0.4) is 0 Å². The number of benzene rings is 2. The molecule has 3 rings (SSSR count). The first kappa shape index (κ1) is 26.4. The van der Waals surface area contributed by atoms with E-state index in [1.54, 1.807) is 30.3 Å². The molecule has 2 aromatic carbocycles. The minimum Gasteiger partial charge on any atom is -0.507 e. The van der Waals surface area contributed by atoms with Crippen molar-refractivity contribution in [1.29, 1.82) is 0 Å². The summed E-state index contributed by atoms with van der Waals surface area (Å²) in [5.74, 6) is -1.23. The molecule has 1 heterocycles. The second kappa shape index (κ2) is 11.5. The average Bonchev–Trinajstić information content (AvgIpc) is 3.10. The fourth-order valence-electron chi connectivity index (χ4n) is 4.48. The summed E-state index contributed by atoms with van der Waals surface area (Å²) in [5.41, 5.74) is 1.91. The SMILES string of the molecule is CCOc1ccc(/C(O)=C2/C(=O)C(=O)N(CCN(CC)CC)C2c2ccc(F)cc2)cc1C(C)C. The number of aliphatic hydroxyl groups excluding tert-OH is 1. The highest BCUT2D eigenvalue weighted by molar-refractivity contribution is 6.46.